The van der Waals surface area contributed by atoms with Crippen molar-refractivity contribution in [2.45, 2.75) is 51.7 Å². The highest BCUT2D eigenvalue weighted by molar-refractivity contribution is 6.00. The highest BCUT2D eigenvalue weighted by atomic mass is 16.6. The van der Waals surface area contributed by atoms with Crippen molar-refractivity contribution < 1.29 is 28.6 Å². The monoisotopic (exact) mass is 490 g/mol. The molecule has 2 N–H and O–H groups in total. The molecule has 1 aliphatic rings. The molecule has 1 fully saturated rings. The molecule has 1 aromatic carbocycles. The van der Waals surface area contributed by atoms with Crippen LogP contribution in [0.4, 0.5) is 4.79 Å². The predicted molar refractivity (Wildman–Crippen MR) is 128 cm³/mol. The lowest BCUT2D eigenvalue weighted by Gasteiger charge is -2.21. The van der Waals surface area contributed by atoms with Crippen molar-refractivity contribution in [1.82, 2.24) is 19.8 Å². The average Bonchev–Trinajstić information content (AvgIpc) is 3.01. The Hall–Kier alpha value is -3.18. The van der Waals surface area contributed by atoms with Crippen LogP contribution in [0.5, 0.6) is 0 Å². The maximum Gasteiger partial charge on any atom is 0.407 e. The Labute approximate surface area is 203 Å². The summed E-state index contributed by atoms with van der Waals surface area (Å²) in [6.45, 7) is 7.42. The molecular weight excluding hydrogens is 456 g/mol. The second kappa shape index (κ2) is 11.5. The molecule has 1 saturated heterocycles. The normalized spacial score (nSPS) is 16.4. The molecule has 2 heterocycles. The molecule has 3 amide bonds. The Morgan fingerprint density at radius 3 is 2.49 bits per heavy atom. The van der Waals surface area contributed by atoms with Crippen LogP contribution in [0.15, 0.2) is 23.0 Å². The van der Waals surface area contributed by atoms with E-state index in [0.717, 1.165) is 11.1 Å². The molecule has 11 nitrogen and oxygen atoms in total. The summed E-state index contributed by atoms with van der Waals surface area (Å²) < 4.78 is 19.2. The number of hydrogen-bond acceptors (Lipinski definition) is 7. The third kappa shape index (κ3) is 7.15. The first kappa shape index (κ1) is 26.4. The zero-order chi connectivity index (χ0) is 25.6. The van der Waals surface area contributed by atoms with Gasteiger partial charge in [-0.1, -0.05) is 6.07 Å². The lowest BCUT2D eigenvalue weighted by atomic mass is 10.1. The summed E-state index contributed by atoms with van der Waals surface area (Å²) in [5.41, 5.74) is 1.55. The molecular formula is C24H34N4O7. The minimum absolute atomic E-state index is 0.207. The second-order valence-corrected chi connectivity index (χ2v) is 9.40. The van der Waals surface area contributed by atoms with E-state index >= 15 is 0 Å². The average molecular weight is 491 g/mol. The summed E-state index contributed by atoms with van der Waals surface area (Å²) in [7, 11) is 1.67. The Kier molecular flexibility index (Phi) is 8.68. The fourth-order valence-electron chi connectivity index (χ4n) is 3.85. The molecule has 0 radical (unpaired) electrons. The van der Waals surface area contributed by atoms with Crippen molar-refractivity contribution in [2.24, 2.45) is 7.05 Å². The maximum absolute atomic E-state index is 12.8. The number of nitrogens with zero attached hydrogens (tertiary/aromatic N) is 2. The SMILES string of the molecule is Cn1c(=O)n(C2CCC(=O)NC2=O)c2ccc(CCOCCOCCNC(=O)OC(C)(C)C)cc21. The number of carbonyl (C=O) groups is 3. The van der Waals surface area contributed by atoms with Crippen LogP contribution in [0.1, 0.15) is 45.2 Å². The van der Waals surface area contributed by atoms with E-state index in [1.165, 1.54) is 9.13 Å². The summed E-state index contributed by atoms with van der Waals surface area (Å²) in [4.78, 5) is 48.1. The van der Waals surface area contributed by atoms with Crippen molar-refractivity contribution in [2.75, 3.05) is 33.0 Å². The van der Waals surface area contributed by atoms with Crippen LogP contribution in [-0.2, 0) is 37.3 Å². The quantitative estimate of drug-likeness (QED) is 0.381. The van der Waals surface area contributed by atoms with Gasteiger partial charge in [0.1, 0.15) is 11.6 Å². The Balaban J connectivity index is 1.43. The predicted octanol–water partition coefficient (Wildman–Crippen LogP) is 1.42. The Morgan fingerprint density at radius 2 is 1.80 bits per heavy atom. The van der Waals surface area contributed by atoms with E-state index in [0.29, 0.717) is 51.3 Å². The van der Waals surface area contributed by atoms with Crippen LogP contribution in [0.25, 0.3) is 11.0 Å². The van der Waals surface area contributed by atoms with Gasteiger partial charge in [0.25, 0.3) is 0 Å². The van der Waals surface area contributed by atoms with Crippen LogP contribution >= 0.6 is 0 Å². The number of amides is 3. The first-order valence-corrected chi connectivity index (χ1v) is 11.7. The van der Waals surface area contributed by atoms with Gasteiger partial charge in [0.05, 0.1) is 37.5 Å². The summed E-state index contributed by atoms with van der Waals surface area (Å²) in [5, 5.41) is 4.93. The van der Waals surface area contributed by atoms with E-state index in [1.54, 1.807) is 27.8 Å². The first-order valence-electron chi connectivity index (χ1n) is 11.7. The number of hydrogen-bond donors (Lipinski definition) is 2. The molecule has 35 heavy (non-hydrogen) atoms. The van der Waals surface area contributed by atoms with E-state index in [9.17, 15) is 19.2 Å². The van der Waals surface area contributed by atoms with E-state index in [-0.39, 0.29) is 18.0 Å². The molecule has 1 aromatic heterocycles. The summed E-state index contributed by atoms with van der Waals surface area (Å²) in [5.74, 6) is -0.763. The lowest BCUT2D eigenvalue weighted by molar-refractivity contribution is -0.135. The van der Waals surface area contributed by atoms with Gasteiger partial charge in [0.15, 0.2) is 0 Å². The van der Waals surface area contributed by atoms with Gasteiger partial charge in [-0.05, 0) is 51.3 Å². The third-order valence-electron chi connectivity index (χ3n) is 5.50. The maximum atomic E-state index is 12.8. The third-order valence-corrected chi connectivity index (χ3v) is 5.50. The van der Waals surface area contributed by atoms with Gasteiger partial charge in [0.2, 0.25) is 11.8 Å². The smallest absolute Gasteiger partial charge is 0.407 e. The lowest BCUT2D eigenvalue weighted by Crippen LogP contribution is -2.44. The number of carbonyl (C=O) groups excluding carboxylic acids is 3. The van der Waals surface area contributed by atoms with Gasteiger partial charge in [-0.3, -0.25) is 24.0 Å². The standard InChI is InChI=1S/C24H34N4O7/c1-24(2,3)35-22(31)25-10-12-34-14-13-33-11-9-16-5-6-17-19(15-16)27(4)23(32)28(17)18-7-8-20(29)26-21(18)30/h5-6,15,18H,7-14H2,1-4H3,(H,25,31)(H,26,29,30). The minimum atomic E-state index is -0.697. The largest absolute Gasteiger partial charge is 0.444 e. The van der Waals surface area contributed by atoms with Crippen molar-refractivity contribution in [3.63, 3.8) is 0 Å². The summed E-state index contributed by atoms with van der Waals surface area (Å²) >= 11 is 0. The zero-order valence-electron chi connectivity index (χ0n) is 20.7. The molecule has 11 heteroatoms. The molecule has 1 unspecified atom stereocenters. The Bertz CT molecular complexity index is 1130. The number of imidazole rings is 1. The van der Waals surface area contributed by atoms with Crippen LogP contribution in [0, 0.1) is 0 Å². The topological polar surface area (TPSA) is 130 Å². The number of alkyl carbamates (subject to hydrolysis) is 1. The van der Waals surface area contributed by atoms with E-state index in [1.807, 2.05) is 18.2 Å². The van der Waals surface area contributed by atoms with Crippen molar-refractivity contribution in [3.05, 3.63) is 34.2 Å². The highest BCUT2D eigenvalue weighted by Crippen LogP contribution is 2.23. The highest BCUT2D eigenvalue weighted by Gasteiger charge is 2.31. The molecule has 0 bridgehead atoms. The molecule has 0 saturated carbocycles. The second-order valence-electron chi connectivity index (χ2n) is 9.40. The summed E-state index contributed by atoms with van der Waals surface area (Å²) in [6.07, 6.45) is 0.685. The molecule has 0 aliphatic carbocycles. The van der Waals surface area contributed by atoms with Gasteiger partial charge in [-0.2, -0.15) is 0 Å². The minimum Gasteiger partial charge on any atom is -0.444 e. The van der Waals surface area contributed by atoms with Crippen LogP contribution in [-0.4, -0.2) is 65.6 Å². The first-order chi connectivity index (χ1) is 16.6. The number of imide groups is 1. The van der Waals surface area contributed by atoms with Crippen LogP contribution in [0.2, 0.25) is 0 Å². The van der Waals surface area contributed by atoms with Crippen molar-refractivity contribution in [3.8, 4) is 0 Å². The number of ether oxygens (including phenoxy) is 3. The van der Waals surface area contributed by atoms with Gasteiger partial charge in [0, 0.05) is 20.0 Å². The number of fused-ring (bicyclic) bond motifs is 1. The Morgan fingerprint density at radius 1 is 1.09 bits per heavy atom. The molecule has 2 aromatic rings. The van der Waals surface area contributed by atoms with E-state index in [4.69, 9.17) is 14.2 Å². The number of benzene rings is 1. The van der Waals surface area contributed by atoms with Gasteiger partial charge < -0.3 is 19.5 Å². The van der Waals surface area contributed by atoms with E-state index in [2.05, 4.69) is 10.6 Å². The number of piperidine rings is 1. The fourth-order valence-corrected chi connectivity index (χ4v) is 3.85. The number of nitrogens with one attached hydrogen (secondary N) is 2. The van der Waals surface area contributed by atoms with Gasteiger partial charge >= 0.3 is 11.8 Å². The van der Waals surface area contributed by atoms with Crippen LogP contribution < -0.4 is 16.3 Å². The molecule has 0 spiro atoms. The molecule has 1 aliphatic heterocycles. The van der Waals surface area contributed by atoms with Crippen molar-refractivity contribution >= 4 is 28.9 Å². The zero-order valence-corrected chi connectivity index (χ0v) is 20.7. The van der Waals surface area contributed by atoms with E-state index < -0.39 is 23.6 Å². The fraction of sp³-hybridized carbons (Fsp3) is 0.583. The van der Waals surface area contributed by atoms with Crippen molar-refractivity contribution in [1.29, 1.82) is 0 Å². The number of rotatable bonds is 10. The molecule has 3 rings (SSSR count). The van der Waals surface area contributed by atoms with Crippen LogP contribution in [0.3, 0.4) is 0 Å². The molecule has 192 valence electrons. The number of aromatic nitrogens is 2. The number of aryl methyl sites for hydroxylation is 1. The van der Waals surface area contributed by atoms with Gasteiger partial charge in [-0.15, -0.1) is 0 Å². The molecule has 1 atom stereocenters. The summed E-state index contributed by atoms with van der Waals surface area (Å²) in [6, 6.07) is 4.96. The van der Waals surface area contributed by atoms with Gasteiger partial charge in [-0.25, -0.2) is 9.59 Å².